The average molecular weight is 188 g/mol. The van der Waals surface area contributed by atoms with Gasteiger partial charge in [-0.2, -0.15) is 0 Å². The van der Waals surface area contributed by atoms with Gasteiger partial charge in [-0.3, -0.25) is 0 Å². The predicted molar refractivity (Wildman–Crippen MR) is 55.0 cm³/mol. The largest absolute Gasteiger partial charge is 0.399 e. The van der Waals surface area contributed by atoms with Crippen molar-refractivity contribution in [1.82, 2.24) is 5.16 Å². The van der Waals surface area contributed by atoms with Gasteiger partial charge in [-0.15, -0.1) is 0 Å². The van der Waals surface area contributed by atoms with Crippen LogP contribution in [-0.2, 0) is 0 Å². The van der Waals surface area contributed by atoms with Crippen LogP contribution in [0.4, 0.5) is 5.69 Å². The highest BCUT2D eigenvalue weighted by atomic mass is 16.5. The number of hydrogen-bond donors (Lipinski definition) is 1. The second-order valence-corrected chi connectivity index (χ2v) is 3.95. The van der Waals surface area contributed by atoms with Crippen LogP contribution >= 0.6 is 0 Å². The molecule has 1 aromatic carbocycles. The van der Waals surface area contributed by atoms with E-state index in [-0.39, 0.29) is 0 Å². The Hall–Kier alpha value is -1.51. The summed E-state index contributed by atoms with van der Waals surface area (Å²) in [5.41, 5.74) is 7.44. The van der Waals surface area contributed by atoms with Gasteiger partial charge in [0.1, 0.15) is 11.3 Å². The zero-order valence-corrected chi connectivity index (χ0v) is 7.86. The molecular weight excluding hydrogens is 176 g/mol. The molecule has 0 spiro atoms. The molecule has 0 atom stereocenters. The van der Waals surface area contributed by atoms with Gasteiger partial charge in [-0.05, 0) is 31.0 Å². The summed E-state index contributed by atoms with van der Waals surface area (Å²) in [6, 6.07) is 5.73. The molecule has 0 saturated heterocycles. The van der Waals surface area contributed by atoms with Crippen LogP contribution in [0.3, 0.4) is 0 Å². The maximum Gasteiger partial charge on any atom is 0.147 e. The van der Waals surface area contributed by atoms with E-state index in [2.05, 4.69) is 5.16 Å². The maximum atomic E-state index is 5.74. The van der Waals surface area contributed by atoms with Gasteiger partial charge in [0, 0.05) is 17.0 Å². The first-order chi connectivity index (χ1) is 6.84. The summed E-state index contributed by atoms with van der Waals surface area (Å²) < 4.78 is 5.37. The van der Waals surface area contributed by atoms with E-state index in [1.807, 2.05) is 18.2 Å². The van der Waals surface area contributed by atoms with Crippen LogP contribution < -0.4 is 5.73 Å². The summed E-state index contributed by atoms with van der Waals surface area (Å²) >= 11 is 0. The quantitative estimate of drug-likeness (QED) is 0.700. The fourth-order valence-corrected chi connectivity index (χ4v) is 1.94. The molecule has 3 rings (SSSR count). The Bertz CT molecular complexity index is 471. The molecule has 0 unspecified atom stereocenters. The van der Waals surface area contributed by atoms with E-state index in [9.17, 15) is 0 Å². The molecule has 1 aliphatic carbocycles. The third-order valence-corrected chi connectivity index (χ3v) is 3.00. The number of benzene rings is 1. The fourth-order valence-electron chi connectivity index (χ4n) is 1.94. The molecule has 14 heavy (non-hydrogen) atoms. The second-order valence-electron chi connectivity index (χ2n) is 3.95. The molecule has 0 bridgehead atoms. The zero-order valence-electron chi connectivity index (χ0n) is 7.86. The van der Waals surface area contributed by atoms with Gasteiger partial charge in [-0.1, -0.05) is 11.6 Å². The summed E-state index contributed by atoms with van der Waals surface area (Å²) in [6.45, 7) is 0. The summed E-state index contributed by atoms with van der Waals surface area (Å²) in [7, 11) is 0. The van der Waals surface area contributed by atoms with E-state index < -0.39 is 0 Å². The molecule has 0 radical (unpaired) electrons. The lowest BCUT2D eigenvalue weighted by Gasteiger charge is -2.22. The Kier molecular flexibility index (Phi) is 1.54. The third kappa shape index (κ3) is 1.02. The van der Waals surface area contributed by atoms with Crippen LogP contribution in [0.5, 0.6) is 0 Å². The van der Waals surface area contributed by atoms with Gasteiger partial charge in [0.15, 0.2) is 0 Å². The minimum atomic E-state index is 0.571. The van der Waals surface area contributed by atoms with Crippen LogP contribution in [0, 0.1) is 0 Å². The van der Waals surface area contributed by atoms with Gasteiger partial charge in [0.2, 0.25) is 0 Å². The molecule has 0 aliphatic heterocycles. The minimum absolute atomic E-state index is 0.571. The molecule has 3 nitrogen and oxygen atoms in total. The Morgan fingerprint density at radius 2 is 2.21 bits per heavy atom. The van der Waals surface area contributed by atoms with E-state index in [0.29, 0.717) is 5.92 Å². The second kappa shape index (κ2) is 2.74. The van der Waals surface area contributed by atoms with Crippen molar-refractivity contribution in [1.29, 1.82) is 0 Å². The molecule has 2 aromatic rings. The van der Waals surface area contributed by atoms with Crippen molar-refractivity contribution in [3.8, 4) is 0 Å². The monoisotopic (exact) mass is 188 g/mol. The van der Waals surface area contributed by atoms with E-state index in [0.717, 1.165) is 22.4 Å². The van der Waals surface area contributed by atoms with Crippen LogP contribution in [0.2, 0.25) is 0 Å². The first kappa shape index (κ1) is 7.85. The highest BCUT2D eigenvalue weighted by Gasteiger charge is 2.25. The average Bonchev–Trinajstić information content (AvgIpc) is 2.46. The van der Waals surface area contributed by atoms with Crippen molar-refractivity contribution in [3.63, 3.8) is 0 Å². The molecule has 1 heterocycles. The number of nitrogens with zero attached hydrogens (tertiary/aromatic N) is 1. The number of fused-ring (bicyclic) bond motifs is 1. The first-order valence-electron chi connectivity index (χ1n) is 4.99. The van der Waals surface area contributed by atoms with E-state index in [1.54, 1.807) is 0 Å². The summed E-state index contributed by atoms with van der Waals surface area (Å²) in [4.78, 5) is 0. The van der Waals surface area contributed by atoms with Crippen molar-refractivity contribution < 1.29 is 4.52 Å². The molecule has 1 aliphatic rings. The number of hydrogen-bond acceptors (Lipinski definition) is 3. The Morgan fingerprint density at radius 3 is 2.93 bits per heavy atom. The lowest BCUT2D eigenvalue weighted by molar-refractivity contribution is 0.305. The number of rotatable bonds is 1. The number of nitrogen functional groups attached to an aromatic ring is 1. The molecule has 2 N–H and O–H groups in total. The Labute approximate surface area is 81.9 Å². The van der Waals surface area contributed by atoms with Crippen LogP contribution in [0.15, 0.2) is 22.7 Å². The Balaban J connectivity index is 2.18. The van der Waals surface area contributed by atoms with Crippen molar-refractivity contribution in [2.75, 3.05) is 5.73 Å². The zero-order chi connectivity index (χ0) is 9.54. The topological polar surface area (TPSA) is 52.0 Å². The summed E-state index contributed by atoms with van der Waals surface area (Å²) in [5, 5.41) is 5.12. The molecular formula is C11H12N2O. The number of anilines is 1. The normalized spacial score (nSPS) is 17.1. The van der Waals surface area contributed by atoms with Crippen LogP contribution in [0.25, 0.3) is 10.9 Å². The number of aromatic nitrogens is 1. The van der Waals surface area contributed by atoms with Gasteiger partial charge in [0.05, 0.1) is 0 Å². The molecule has 1 saturated carbocycles. The molecule has 3 heteroatoms. The summed E-state index contributed by atoms with van der Waals surface area (Å²) in [5.74, 6) is 1.60. The minimum Gasteiger partial charge on any atom is -0.399 e. The van der Waals surface area contributed by atoms with Crippen LogP contribution in [0.1, 0.15) is 30.9 Å². The fraction of sp³-hybridized carbons (Fsp3) is 0.364. The highest BCUT2D eigenvalue weighted by molar-refractivity contribution is 5.84. The summed E-state index contributed by atoms with van der Waals surface area (Å²) in [6.07, 6.45) is 3.74. The van der Waals surface area contributed by atoms with Gasteiger partial charge in [0.25, 0.3) is 0 Å². The maximum absolute atomic E-state index is 5.74. The molecule has 1 aromatic heterocycles. The van der Waals surface area contributed by atoms with Gasteiger partial charge in [-0.25, -0.2) is 0 Å². The van der Waals surface area contributed by atoms with E-state index in [1.165, 1.54) is 19.3 Å². The van der Waals surface area contributed by atoms with Crippen molar-refractivity contribution >= 4 is 16.6 Å². The predicted octanol–water partition coefficient (Wildman–Crippen LogP) is 2.68. The SMILES string of the molecule is Nc1ccc2noc(C3CCC3)c2c1. The Morgan fingerprint density at radius 1 is 1.36 bits per heavy atom. The standard InChI is InChI=1S/C11H12N2O/c12-8-4-5-10-9(6-8)11(14-13-10)7-2-1-3-7/h4-7H,1-3,12H2. The highest BCUT2D eigenvalue weighted by Crippen LogP contribution is 2.39. The van der Waals surface area contributed by atoms with Crippen molar-refractivity contribution in [3.05, 3.63) is 24.0 Å². The van der Waals surface area contributed by atoms with Gasteiger partial charge >= 0.3 is 0 Å². The molecule has 1 fully saturated rings. The van der Waals surface area contributed by atoms with Gasteiger partial charge < -0.3 is 10.3 Å². The lowest BCUT2D eigenvalue weighted by atomic mass is 9.82. The molecule has 72 valence electrons. The third-order valence-electron chi connectivity index (χ3n) is 3.00. The van der Waals surface area contributed by atoms with Crippen molar-refractivity contribution in [2.24, 2.45) is 0 Å². The van der Waals surface area contributed by atoms with E-state index in [4.69, 9.17) is 10.3 Å². The molecule has 0 amide bonds. The van der Waals surface area contributed by atoms with Crippen LogP contribution in [-0.4, -0.2) is 5.16 Å². The first-order valence-corrected chi connectivity index (χ1v) is 4.99. The smallest absolute Gasteiger partial charge is 0.147 e. The number of nitrogens with two attached hydrogens (primary N) is 1. The van der Waals surface area contributed by atoms with Crippen molar-refractivity contribution in [2.45, 2.75) is 25.2 Å². The van der Waals surface area contributed by atoms with E-state index >= 15 is 0 Å². The lowest BCUT2D eigenvalue weighted by Crippen LogP contribution is -2.07.